The van der Waals surface area contributed by atoms with E-state index in [1.807, 2.05) is 12.1 Å². The molecule has 0 bridgehead atoms. The van der Waals surface area contributed by atoms with Crippen LogP contribution in [0.15, 0.2) is 24.3 Å². The second kappa shape index (κ2) is 8.76. The van der Waals surface area contributed by atoms with Crippen molar-refractivity contribution in [2.24, 2.45) is 5.92 Å². The Hall–Kier alpha value is -2.05. The molecule has 1 aromatic heterocycles. The van der Waals surface area contributed by atoms with E-state index in [9.17, 15) is 9.59 Å². The minimum Gasteiger partial charge on any atom is -0.462 e. The van der Waals surface area contributed by atoms with Gasteiger partial charge in [0.25, 0.3) is 0 Å². The Kier molecular flexibility index (Phi) is 6.39. The van der Waals surface area contributed by atoms with Crippen molar-refractivity contribution in [1.82, 2.24) is 0 Å². The van der Waals surface area contributed by atoms with Crippen molar-refractivity contribution in [2.75, 3.05) is 23.8 Å². The van der Waals surface area contributed by atoms with Gasteiger partial charge in [0.2, 0.25) is 5.91 Å². The van der Waals surface area contributed by atoms with Crippen molar-refractivity contribution in [2.45, 2.75) is 33.1 Å². The predicted octanol–water partition coefficient (Wildman–Crippen LogP) is 4.75. The highest BCUT2D eigenvalue weighted by Crippen LogP contribution is 2.40. The number of carbonyl (C=O) groups excluding carboxylic acids is 2. The standard InChI is InChI=1S/C20H23ClN2O3S/c1-3-26-20(25)18-15-8-7-12(2)9-16(15)27-19(18)23-17(24)11-22-14-6-4-5-13(21)10-14/h4-6,10,12,22H,3,7-9,11H2,1-2H3,(H,23,24). The number of esters is 1. The molecule has 1 atom stereocenters. The fraction of sp³-hybridized carbons (Fsp3) is 0.400. The summed E-state index contributed by atoms with van der Waals surface area (Å²) in [5, 5.41) is 7.12. The fourth-order valence-electron chi connectivity index (χ4n) is 3.21. The van der Waals surface area contributed by atoms with Crippen LogP contribution in [0.2, 0.25) is 5.02 Å². The molecule has 27 heavy (non-hydrogen) atoms. The van der Waals surface area contributed by atoms with Crippen LogP contribution in [0.3, 0.4) is 0 Å². The number of hydrogen-bond acceptors (Lipinski definition) is 5. The lowest BCUT2D eigenvalue weighted by molar-refractivity contribution is -0.114. The molecule has 7 heteroatoms. The van der Waals surface area contributed by atoms with E-state index in [1.54, 1.807) is 19.1 Å². The van der Waals surface area contributed by atoms with Crippen LogP contribution in [-0.4, -0.2) is 25.0 Å². The number of anilines is 2. The molecule has 1 amide bonds. The SMILES string of the molecule is CCOC(=O)c1c(NC(=O)CNc2cccc(Cl)c2)sc2c1CCC(C)C2. The maximum Gasteiger partial charge on any atom is 0.341 e. The normalized spacial score (nSPS) is 15.7. The van der Waals surface area contributed by atoms with E-state index in [2.05, 4.69) is 17.6 Å². The summed E-state index contributed by atoms with van der Waals surface area (Å²) in [6.07, 6.45) is 2.82. The zero-order valence-electron chi connectivity index (χ0n) is 15.4. The van der Waals surface area contributed by atoms with Gasteiger partial charge in [-0.2, -0.15) is 0 Å². The molecule has 0 spiro atoms. The number of halogens is 1. The van der Waals surface area contributed by atoms with Crippen LogP contribution in [0.1, 0.15) is 41.1 Å². The minimum atomic E-state index is -0.359. The summed E-state index contributed by atoms with van der Waals surface area (Å²) in [6, 6.07) is 7.18. The van der Waals surface area contributed by atoms with E-state index in [1.165, 1.54) is 16.2 Å². The highest BCUT2D eigenvalue weighted by molar-refractivity contribution is 7.17. The van der Waals surface area contributed by atoms with Crippen molar-refractivity contribution in [3.05, 3.63) is 45.3 Å². The molecule has 144 valence electrons. The third-order valence-electron chi connectivity index (χ3n) is 4.52. The number of benzene rings is 1. The van der Waals surface area contributed by atoms with E-state index >= 15 is 0 Å². The Labute approximate surface area is 168 Å². The third-order valence-corrected chi connectivity index (χ3v) is 5.93. The summed E-state index contributed by atoms with van der Waals surface area (Å²) in [4.78, 5) is 26.1. The number of carbonyl (C=O) groups is 2. The summed E-state index contributed by atoms with van der Waals surface area (Å²) < 4.78 is 5.23. The first-order valence-electron chi connectivity index (χ1n) is 9.08. The van der Waals surface area contributed by atoms with Crippen LogP contribution in [0, 0.1) is 5.92 Å². The Bertz CT molecular complexity index is 850. The number of thiophene rings is 1. The van der Waals surface area contributed by atoms with Gasteiger partial charge in [0, 0.05) is 15.6 Å². The fourth-order valence-corrected chi connectivity index (χ4v) is 4.81. The predicted molar refractivity (Wildman–Crippen MR) is 110 cm³/mol. The number of amides is 1. The van der Waals surface area contributed by atoms with Gasteiger partial charge in [-0.25, -0.2) is 4.79 Å². The molecule has 5 nitrogen and oxygen atoms in total. The van der Waals surface area contributed by atoms with Crippen LogP contribution < -0.4 is 10.6 Å². The Morgan fingerprint density at radius 1 is 1.37 bits per heavy atom. The maximum absolute atomic E-state index is 12.5. The zero-order chi connectivity index (χ0) is 19.4. The molecule has 2 N–H and O–H groups in total. The molecule has 1 heterocycles. The van der Waals surface area contributed by atoms with Crippen LogP contribution in [0.4, 0.5) is 10.7 Å². The highest BCUT2D eigenvalue weighted by Gasteiger charge is 2.29. The van der Waals surface area contributed by atoms with Crippen molar-refractivity contribution in [1.29, 1.82) is 0 Å². The largest absolute Gasteiger partial charge is 0.462 e. The molecule has 0 radical (unpaired) electrons. The second-order valence-corrected chi connectivity index (χ2v) is 8.23. The maximum atomic E-state index is 12.5. The van der Waals surface area contributed by atoms with Crippen molar-refractivity contribution in [3.63, 3.8) is 0 Å². The van der Waals surface area contributed by atoms with Crippen molar-refractivity contribution >= 4 is 45.5 Å². The number of hydrogen-bond donors (Lipinski definition) is 2. The first-order valence-corrected chi connectivity index (χ1v) is 10.3. The van der Waals surface area contributed by atoms with Gasteiger partial charge < -0.3 is 15.4 Å². The van der Waals surface area contributed by atoms with Crippen molar-refractivity contribution in [3.8, 4) is 0 Å². The molecule has 1 aromatic carbocycles. The second-order valence-electron chi connectivity index (χ2n) is 6.69. The number of rotatable bonds is 6. The number of ether oxygens (including phenoxy) is 1. The molecular weight excluding hydrogens is 384 g/mol. The minimum absolute atomic E-state index is 0.0849. The average Bonchev–Trinajstić information content (AvgIpc) is 2.97. The van der Waals surface area contributed by atoms with Gasteiger partial charge in [0.05, 0.1) is 18.7 Å². The van der Waals surface area contributed by atoms with Crippen LogP contribution in [-0.2, 0) is 22.4 Å². The molecule has 3 rings (SSSR count). The molecule has 1 aliphatic rings. The first kappa shape index (κ1) is 19.7. The summed E-state index contributed by atoms with van der Waals surface area (Å²) in [7, 11) is 0. The average molecular weight is 407 g/mol. The Balaban J connectivity index is 1.75. The Morgan fingerprint density at radius 2 is 2.19 bits per heavy atom. The molecule has 0 fully saturated rings. The van der Waals surface area contributed by atoms with Crippen LogP contribution >= 0.6 is 22.9 Å². The summed E-state index contributed by atoms with van der Waals surface area (Å²) in [6.45, 7) is 4.39. The smallest absolute Gasteiger partial charge is 0.341 e. The van der Waals surface area contributed by atoms with Gasteiger partial charge in [-0.15, -0.1) is 11.3 Å². The first-order chi connectivity index (χ1) is 13.0. The van der Waals surface area contributed by atoms with E-state index < -0.39 is 0 Å². The van der Waals surface area contributed by atoms with Gasteiger partial charge >= 0.3 is 5.97 Å². The number of nitrogens with one attached hydrogen (secondary N) is 2. The molecular formula is C20H23ClN2O3S. The third kappa shape index (κ3) is 4.82. The lowest BCUT2D eigenvalue weighted by Gasteiger charge is -2.18. The van der Waals surface area contributed by atoms with Gasteiger partial charge in [0.15, 0.2) is 0 Å². The molecule has 1 unspecified atom stereocenters. The van der Waals surface area contributed by atoms with Crippen LogP contribution in [0.25, 0.3) is 0 Å². The van der Waals surface area contributed by atoms with Crippen LogP contribution in [0.5, 0.6) is 0 Å². The molecule has 1 aliphatic carbocycles. The van der Waals surface area contributed by atoms with E-state index in [0.29, 0.717) is 28.1 Å². The number of fused-ring (bicyclic) bond motifs is 1. The van der Waals surface area contributed by atoms with E-state index in [-0.39, 0.29) is 18.4 Å². The topological polar surface area (TPSA) is 67.4 Å². The lowest BCUT2D eigenvalue weighted by Crippen LogP contribution is -2.22. The quantitative estimate of drug-likeness (QED) is 0.679. The highest BCUT2D eigenvalue weighted by atomic mass is 35.5. The molecule has 0 saturated carbocycles. The van der Waals surface area contributed by atoms with E-state index in [4.69, 9.17) is 16.3 Å². The van der Waals surface area contributed by atoms with Gasteiger partial charge in [0.1, 0.15) is 5.00 Å². The monoisotopic (exact) mass is 406 g/mol. The summed E-state index contributed by atoms with van der Waals surface area (Å²) in [5.74, 6) is 0.00839. The lowest BCUT2D eigenvalue weighted by atomic mass is 9.88. The Morgan fingerprint density at radius 3 is 2.93 bits per heavy atom. The van der Waals surface area contributed by atoms with E-state index in [0.717, 1.165) is 30.5 Å². The van der Waals surface area contributed by atoms with Gasteiger partial charge in [-0.3, -0.25) is 4.79 Å². The zero-order valence-corrected chi connectivity index (χ0v) is 17.0. The summed E-state index contributed by atoms with van der Waals surface area (Å²) in [5.41, 5.74) is 2.33. The van der Waals surface area contributed by atoms with Gasteiger partial charge in [-0.1, -0.05) is 24.6 Å². The molecule has 0 saturated heterocycles. The van der Waals surface area contributed by atoms with Crippen molar-refractivity contribution < 1.29 is 14.3 Å². The van der Waals surface area contributed by atoms with Gasteiger partial charge in [-0.05, 0) is 55.9 Å². The molecule has 0 aliphatic heterocycles. The molecule has 2 aromatic rings. The summed E-state index contributed by atoms with van der Waals surface area (Å²) >= 11 is 7.45.